The number of carbonyl (C=O) groups is 1. The van der Waals surface area contributed by atoms with Gasteiger partial charge in [-0.25, -0.2) is 13.1 Å². The predicted molar refractivity (Wildman–Crippen MR) is 55.9 cm³/mol. The first-order chi connectivity index (χ1) is 6.91. The third-order valence-electron chi connectivity index (χ3n) is 2.92. The van der Waals surface area contributed by atoms with Crippen LogP contribution in [0.1, 0.15) is 26.2 Å². The Morgan fingerprint density at radius 1 is 1.47 bits per heavy atom. The van der Waals surface area contributed by atoms with Gasteiger partial charge in [0.05, 0.1) is 0 Å². The standard InChI is InChI=1S/C9H17NO4S/c1-7-3-2-4-8(7)5-10-15(13,14)6-9(11)12/h7-8,10H,2-6H2,1H3,(H,11,12). The molecule has 15 heavy (non-hydrogen) atoms. The van der Waals surface area contributed by atoms with E-state index in [0.717, 1.165) is 19.3 Å². The minimum absolute atomic E-state index is 0.355. The van der Waals surface area contributed by atoms with Crippen molar-refractivity contribution in [3.63, 3.8) is 0 Å². The van der Waals surface area contributed by atoms with Gasteiger partial charge in [0.1, 0.15) is 0 Å². The molecule has 0 aromatic rings. The van der Waals surface area contributed by atoms with E-state index in [4.69, 9.17) is 5.11 Å². The largest absolute Gasteiger partial charge is 0.480 e. The van der Waals surface area contributed by atoms with Crippen LogP contribution in [0.4, 0.5) is 0 Å². The second kappa shape index (κ2) is 4.94. The van der Waals surface area contributed by atoms with E-state index in [1.165, 1.54) is 0 Å². The second-order valence-corrected chi connectivity index (χ2v) is 5.98. The number of sulfonamides is 1. The molecule has 0 spiro atoms. The predicted octanol–water partition coefficient (Wildman–Crippen LogP) is 0.427. The Balaban J connectivity index is 2.39. The summed E-state index contributed by atoms with van der Waals surface area (Å²) in [7, 11) is -3.64. The van der Waals surface area contributed by atoms with Crippen LogP contribution in [0.5, 0.6) is 0 Å². The Kier molecular flexibility index (Phi) is 4.10. The number of aliphatic carboxylic acids is 1. The Morgan fingerprint density at radius 2 is 2.13 bits per heavy atom. The van der Waals surface area contributed by atoms with Crippen LogP contribution < -0.4 is 4.72 Å². The van der Waals surface area contributed by atoms with Crippen molar-refractivity contribution in [2.75, 3.05) is 12.3 Å². The van der Waals surface area contributed by atoms with Crippen LogP contribution in [0.3, 0.4) is 0 Å². The molecule has 2 atom stereocenters. The average Bonchev–Trinajstić information content (AvgIpc) is 2.45. The average molecular weight is 235 g/mol. The van der Waals surface area contributed by atoms with Crippen LogP contribution in [0, 0.1) is 11.8 Å². The van der Waals surface area contributed by atoms with Crippen molar-refractivity contribution < 1.29 is 18.3 Å². The van der Waals surface area contributed by atoms with Crippen molar-refractivity contribution in [1.29, 1.82) is 0 Å². The van der Waals surface area contributed by atoms with Crippen LogP contribution in [0.25, 0.3) is 0 Å². The third-order valence-corrected chi connectivity index (χ3v) is 4.15. The van der Waals surface area contributed by atoms with E-state index in [9.17, 15) is 13.2 Å². The van der Waals surface area contributed by atoms with Crippen molar-refractivity contribution in [3.05, 3.63) is 0 Å². The SMILES string of the molecule is CC1CCCC1CNS(=O)(=O)CC(=O)O. The van der Waals surface area contributed by atoms with Gasteiger partial charge in [0.25, 0.3) is 0 Å². The zero-order valence-corrected chi connectivity index (χ0v) is 9.59. The zero-order chi connectivity index (χ0) is 11.5. The molecule has 1 rings (SSSR count). The molecule has 1 aliphatic carbocycles. The van der Waals surface area contributed by atoms with E-state index in [1.807, 2.05) is 0 Å². The highest BCUT2D eigenvalue weighted by molar-refractivity contribution is 7.90. The second-order valence-electron chi connectivity index (χ2n) is 4.17. The van der Waals surface area contributed by atoms with Crippen molar-refractivity contribution in [3.8, 4) is 0 Å². The molecule has 2 unspecified atom stereocenters. The molecule has 0 heterocycles. The molecule has 0 amide bonds. The molecule has 0 saturated heterocycles. The van der Waals surface area contributed by atoms with Gasteiger partial charge in [0.2, 0.25) is 10.0 Å². The summed E-state index contributed by atoms with van der Waals surface area (Å²) >= 11 is 0. The van der Waals surface area contributed by atoms with Gasteiger partial charge in [-0.05, 0) is 18.3 Å². The molecular formula is C9H17NO4S. The maximum absolute atomic E-state index is 11.2. The van der Waals surface area contributed by atoms with Gasteiger partial charge in [0, 0.05) is 6.54 Å². The van der Waals surface area contributed by atoms with Gasteiger partial charge in [-0.3, -0.25) is 4.79 Å². The molecule has 5 nitrogen and oxygen atoms in total. The summed E-state index contributed by atoms with van der Waals surface area (Å²) in [6.07, 6.45) is 3.29. The fraction of sp³-hybridized carbons (Fsp3) is 0.889. The summed E-state index contributed by atoms with van der Waals surface area (Å²) in [4.78, 5) is 10.3. The molecule has 0 aromatic carbocycles. The zero-order valence-electron chi connectivity index (χ0n) is 8.77. The Labute approximate surface area is 89.9 Å². The number of hydrogen-bond donors (Lipinski definition) is 2. The van der Waals surface area contributed by atoms with E-state index < -0.39 is 21.7 Å². The number of nitrogens with one attached hydrogen (secondary N) is 1. The maximum Gasteiger partial charge on any atom is 0.320 e. The molecule has 0 bridgehead atoms. The van der Waals surface area contributed by atoms with Crippen LogP contribution in [0.15, 0.2) is 0 Å². The molecule has 0 aliphatic heterocycles. The molecule has 1 aliphatic rings. The van der Waals surface area contributed by atoms with Crippen molar-refractivity contribution in [2.45, 2.75) is 26.2 Å². The quantitative estimate of drug-likeness (QED) is 0.723. The number of carboxylic acids is 1. The van der Waals surface area contributed by atoms with Gasteiger partial charge >= 0.3 is 5.97 Å². The first kappa shape index (κ1) is 12.4. The lowest BCUT2D eigenvalue weighted by Gasteiger charge is -2.15. The van der Waals surface area contributed by atoms with Gasteiger partial charge in [-0.15, -0.1) is 0 Å². The normalized spacial score (nSPS) is 26.7. The number of hydrogen-bond acceptors (Lipinski definition) is 3. The van der Waals surface area contributed by atoms with Crippen molar-refractivity contribution in [1.82, 2.24) is 4.72 Å². The number of rotatable bonds is 5. The van der Waals surface area contributed by atoms with E-state index in [-0.39, 0.29) is 0 Å². The Morgan fingerprint density at radius 3 is 2.60 bits per heavy atom. The lowest BCUT2D eigenvalue weighted by molar-refractivity contribution is -0.134. The minimum atomic E-state index is -3.64. The van der Waals surface area contributed by atoms with E-state index in [0.29, 0.717) is 18.4 Å². The fourth-order valence-electron chi connectivity index (χ4n) is 1.97. The Hall–Kier alpha value is -0.620. The van der Waals surface area contributed by atoms with E-state index in [1.54, 1.807) is 0 Å². The molecule has 2 N–H and O–H groups in total. The molecular weight excluding hydrogens is 218 g/mol. The van der Waals surface area contributed by atoms with Gasteiger partial charge in [-0.1, -0.05) is 19.8 Å². The van der Waals surface area contributed by atoms with Crippen molar-refractivity contribution >= 4 is 16.0 Å². The summed E-state index contributed by atoms with van der Waals surface area (Å²) in [6, 6.07) is 0. The first-order valence-electron chi connectivity index (χ1n) is 5.10. The highest BCUT2D eigenvalue weighted by atomic mass is 32.2. The Bertz CT molecular complexity index is 325. The lowest BCUT2D eigenvalue weighted by Crippen LogP contribution is -2.34. The van der Waals surface area contributed by atoms with Gasteiger partial charge in [0.15, 0.2) is 5.75 Å². The molecule has 1 saturated carbocycles. The molecule has 0 aromatic heterocycles. The molecule has 6 heteroatoms. The maximum atomic E-state index is 11.2. The highest BCUT2D eigenvalue weighted by Gasteiger charge is 2.25. The number of carboxylic acid groups (broad SMARTS) is 1. The first-order valence-corrected chi connectivity index (χ1v) is 6.75. The topological polar surface area (TPSA) is 83.5 Å². The summed E-state index contributed by atoms with van der Waals surface area (Å²) in [5, 5.41) is 8.37. The van der Waals surface area contributed by atoms with Gasteiger partial charge < -0.3 is 5.11 Å². The summed E-state index contributed by atoms with van der Waals surface area (Å²) in [6.45, 7) is 2.47. The van der Waals surface area contributed by atoms with Crippen LogP contribution in [-0.4, -0.2) is 31.8 Å². The molecule has 1 fully saturated rings. The summed E-state index contributed by atoms with van der Waals surface area (Å²) < 4.78 is 24.8. The van der Waals surface area contributed by atoms with Crippen LogP contribution >= 0.6 is 0 Å². The molecule has 0 radical (unpaired) electrons. The van der Waals surface area contributed by atoms with Crippen molar-refractivity contribution in [2.24, 2.45) is 11.8 Å². The van der Waals surface area contributed by atoms with Crippen LogP contribution in [0.2, 0.25) is 0 Å². The van der Waals surface area contributed by atoms with E-state index >= 15 is 0 Å². The van der Waals surface area contributed by atoms with Crippen LogP contribution in [-0.2, 0) is 14.8 Å². The monoisotopic (exact) mass is 235 g/mol. The summed E-state index contributed by atoms with van der Waals surface area (Å²) in [5.74, 6) is -1.28. The lowest BCUT2D eigenvalue weighted by atomic mass is 9.99. The smallest absolute Gasteiger partial charge is 0.320 e. The molecule has 88 valence electrons. The van der Waals surface area contributed by atoms with E-state index in [2.05, 4.69) is 11.6 Å². The minimum Gasteiger partial charge on any atom is -0.480 e. The van der Waals surface area contributed by atoms with Gasteiger partial charge in [-0.2, -0.15) is 0 Å². The third kappa shape index (κ3) is 4.17. The summed E-state index contributed by atoms with van der Waals surface area (Å²) in [5.41, 5.74) is 0. The highest BCUT2D eigenvalue weighted by Crippen LogP contribution is 2.30. The fourth-order valence-corrected chi connectivity index (χ4v) is 2.87.